The highest BCUT2D eigenvalue weighted by atomic mass is 19.4. The Labute approximate surface area is 119 Å². The van der Waals surface area contributed by atoms with Crippen LogP contribution in [0.3, 0.4) is 0 Å². The molecule has 2 rings (SSSR count). The van der Waals surface area contributed by atoms with Gasteiger partial charge in [0.2, 0.25) is 0 Å². The van der Waals surface area contributed by atoms with E-state index in [2.05, 4.69) is 10.3 Å². The van der Waals surface area contributed by atoms with Gasteiger partial charge in [-0.2, -0.15) is 13.2 Å². The minimum atomic E-state index is -4.48. The fraction of sp³-hybridized carbons (Fsp3) is 0.286. The summed E-state index contributed by atoms with van der Waals surface area (Å²) in [6.07, 6.45) is -2.07. The lowest BCUT2D eigenvalue weighted by Gasteiger charge is -2.13. The van der Waals surface area contributed by atoms with E-state index in [0.717, 1.165) is 22.9 Å². The summed E-state index contributed by atoms with van der Waals surface area (Å²) in [5.41, 5.74) is -0.689. The van der Waals surface area contributed by atoms with Gasteiger partial charge in [-0.15, -0.1) is 0 Å². The lowest BCUT2D eigenvalue weighted by Crippen LogP contribution is -2.22. The number of halogens is 3. The number of nitrogens with one attached hydrogen (secondary N) is 1. The predicted molar refractivity (Wildman–Crippen MR) is 73.2 cm³/mol. The summed E-state index contributed by atoms with van der Waals surface area (Å²) in [6, 6.07) is 5.10. The van der Waals surface area contributed by atoms with Gasteiger partial charge in [0.15, 0.2) is 0 Å². The van der Waals surface area contributed by atoms with Gasteiger partial charge in [0.05, 0.1) is 12.1 Å². The van der Waals surface area contributed by atoms with Crippen molar-refractivity contribution in [3.8, 4) is 0 Å². The molecule has 0 amide bonds. The maximum Gasteiger partial charge on any atom is 0.417 e. The molecule has 21 heavy (non-hydrogen) atoms. The van der Waals surface area contributed by atoms with Crippen LogP contribution in [-0.2, 0) is 12.7 Å². The number of alkyl halides is 3. The summed E-state index contributed by atoms with van der Waals surface area (Å²) in [5.74, 6) is 0.560. The van der Waals surface area contributed by atoms with Crippen LogP contribution < -0.4 is 10.9 Å². The second kappa shape index (κ2) is 5.99. The van der Waals surface area contributed by atoms with Crippen LogP contribution in [-0.4, -0.2) is 16.1 Å². The van der Waals surface area contributed by atoms with Crippen LogP contribution in [0.5, 0.6) is 0 Å². The molecule has 2 aromatic heterocycles. The zero-order chi connectivity index (χ0) is 15.5. The van der Waals surface area contributed by atoms with Crippen molar-refractivity contribution in [2.24, 2.45) is 0 Å². The Morgan fingerprint density at radius 3 is 2.71 bits per heavy atom. The monoisotopic (exact) mass is 297 g/mol. The van der Waals surface area contributed by atoms with Crippen molar-refractivity contribution in [3.63, 3.8) is 0 Å². The molecule has 0 aliphatic carbocycles. The summed E-state index contributed by atoms with van der Waals surface area (Å²) in [4.78, 5) is 15.8. The van der Waals surface area contributed by atoms with Gasteiger partial charge in [0.25, 0.3) is 5.56 Å². The summed E-state index contributed by atoms with van der Waals surface area (Å²) < 4.78 is 39.1. The van der Waals surface area contributed by atoms with Gasteiger partial charge in [-0.05, 0) is 19.1 Å². The van der Waals surface area contributed by atoms with Crippen molar-refractivity contribution in [2.45, 2.75) is 19.6 Å². The predicted octanol–water partition coefficient (Wildman–Crippen LogP) is 2.74. The Morgan fingerprint density at radius 1 is 1.29 bits per heavy atom. The van der Waals surface area contributed by atoms with Crippen LogP contribution in [0.15, 0.2) is 41.5 Å². The molecule has 112 valence electrons. The third-order valence-corrected chi connectivity index (χ3v) is 2.89. The van der Waals surface area contributed by atoms with E-state index in [1.165, 1.54) is 0 Å². The van der Waals surface area contributed by atoms with Crippen molar-refractivity contribution >= 4 is 5.82 Å². The van der Waals surface area contributed by atoms with E-state index in [1.807, 2.05) is 6.92 Å². The molecule has 0 fully saturated rings. The van der Waals surface area contributed by atoms with Gasteiger partial charge in [0, 0.05) is 30.6 Å². The normalized spacial score (nSPS) is 11.4. The van der Waals surface area contributed by atoms with E-state index < -0.39 is 17.3 Å². The molecule has 0 bridgehead atoms. The number of anilines is 1. The average molecular weight is 297 g/mol. The Bertz CT molecular complexity index is 680. The molecule has 0 radical (unpaired) electrons. The van der Waals surface area contributed by atoms with Crippen LogP contribution >= 0.6 is 0 Å². The third-order valence-electron chi connectivity index (χ3n) is 2.89. The fourth-order valence-corrected chi connectivity index (χ4v) is 1.90. The number of hydrogen-bond donors (Lipinski definition) is 1. The van der Waals surface area contributed by atoms with Gasteiger partial charge >= 0.3 is 6.18 Å². The van der Waals surface area contributed by atoms with Crippen molar-refractivity contribution in [3.05, 3.63) is 58.1 Å². The molecule has 4 nitrogen and oxygen atoms in total. The molecule has 2 heterocycles. The minimum absolute atomic E-state index is 0.0267. The SMILES string of the molecule is CCNc1ncccc1Cn1cc(C(F)(F)F)ccc1=O. The second-order valence-electron chi connectivity index (χ2n) is 4.42. The molecular formula is C14H14F3N3O. The van der Waals surface area contributed by atoms with E-state index >= 15 is 0 Å². The summed E-state index contributed by atoms with van der Waals surface area (Å²) in [5, 5.41) is 3.01. The topological polar surface area (TPSA) is 46.9 Å². The zero-order valence-corrected chi connectivity index (χ0v) is 11.3. The first-order chi connectivity index (χ1) is 9.91. The molecule has 7 heteroatoms. The first-order valence-corrected chi connectivity index (χ1v) is 6.37. The Kier molecular flexibility index (Phi) is 4.30. The fourth-order valence-electron chi connectivity index (χ4n) is 1.90. The average Bonchev–Trinajstić information content (AvgIpc) is 2.42. The van der Waals surface area contributed by atoms with Crippen LogP contribution in [0.1, 0.15) is 18.1 Å². The maximum atomic E-state index is 12.7. The first kappa shape index (κ1) is 15.1. The van der Waals surface area contributed by atoms with E-state index in [0.29, 0.717) is 17.9 Å². The van der Waals surface area contributed by atoms with E-state index in [-0.39, 0.29) is 6.54 Å². The molecule has 0 saturated heterocycles. The molecule has 0 aliphatic heterocycles. The number of nitrogens with zero attached hydrogens (tertiary/aromatic N) is 2. The molecular weight excluding hydrogens is 283 g/mol. The largest absolute Gasteiger partial charge is 0.417 e. The van der Waals surface area contributed by atoms with E-state index in [9.17, 15) is 18.0 Å². The molecule has 0 unspecified atom stereocenters. The van der Waals surface area contributed by atoms with Crippen molar-refractivity contribution in [1.82, 2.24) is 9.55 Å². The Balaban J connectivity index is 2.38. The maximum absolute atomic E-state index is 12.7. The van der Waals surface area contributed by atoms with Gasteiger partial charge in [0.1, 0.15) is 5.82 Å². The van der Waals surface area contributed by atoms with Crippen LogP contribution in [0.2, 0.25) is 0 Å². The van der Waals surface area contributed by atoms with Gasteiger partial charge in [-0.1, -0.05) is 6.07 Å². The van der Waals surface area contributed by atoms with Crippen LogP contribution in [0.25, 0.3) is 0 Å². The van der Waals surface area contributed by atoms with Crippen molar-refractivity contribution in [1.29, 1.82) is 0 Å². The van der Waals surface area contributed by atoms with E-state index in [4.69, 9.17) is 0 Å². The third kappa shape index (κ3) is 3.62. The number of rotatable bonds is 4. The number of pyridine rings is 2. The molecule has 2 aromatic rings. The highest BCUT2D eigenvalue weighted by Gasteiger charge is 2.31. The zero-order valence-electron chi connectivity index (χ0n) is 11.3. The highest BCUT2D eigenvalue weighted by molar-refractivity contribution is 5.43. The quantitative estimate of drug-likeness (QED) is 0.944. The number of hydrogen-bond acceptors (Lipinski definition) is 3. The van der Waals surface area contributed by atoms with Crippen LogP contribution in [0, 0.1) is 0 Å². The van der Waals surface area contributed by atoms with E-state index in [1.54, 1.807) is 18.3 Å². The number of aromatic nitrogens is 2. The molecule has 0 saturated carbocycles. The van der Waals surface area contributed by atoms with Crippen molar-refractivity contribution in [2.75, 3.05) is 11.9 Å². The molecule has 0 spiro atoms. The Hall–Kier alpha value is -2.31. The Morgan fingerprint density at radius 2 is 2.05 bits per heavy atom. The van der Waals surface area contributed by atoms with Gasteiger partial charge < -0.3 is 9.88 Å². The standard InChI is InChI=1S/C14H14F3N3O/c1-2-18-13-10(4-3-7-19-13)8-20-9-11(14(15,16)17)5-6-12(20)21/h3-7,9H,2,8H2,1H3,(H,18,19). The summed E-state index contributed by atoms with van der Waals surface area (Å²) in [6.45, 7) is 2.54. The van der Waals surface area contributed by atoms with Gasteiger partial charge in [-0.25, -0.2) is 4.98 Å². The molecule has 0 atom stereocenters. The molecule has 0 aromatic carbocycles. The molecule has 0 aliphatic rings. The highest BCUT2D eigenvalue weighted by Crippen LogP contribution is 2.28. The van der Waals surface area contributed by atoms with Gasteiger partial charge in [-0.3, -0.25) is 4.79 Å². The van der Waals surface area contributed by atoms with Crippen molar-refractivity contribution < 1.29 is 13.2 Å². The first-order valence-electron chi connectivity index (χ1n) is 6.37. The second-order valence-corrected chi connectivity index (χ2v) is 4.42. The summed E-state index contributed by atoms with van der Waals surface area (Å²) in [7, 11) is 0. The lowest BCUT2D eigenvalue weighted by molar-refractivity contribution is -0.138. The molecule has 1 N–H and O–H groups in total. The van der Waals surface area contributed by atoms with Crippen LogP contribution in [0.4, 0.5) is 19.0 Å². The smallest absolute Gasteiger partial charge is 0.370 e. The minimum Gasteiger partial charge on any atom is -0.370 e. The summed E-state index contributed by atoms with van der Waals surface area (Å²) >= 11 is 0. The lowest BCUT2D eigenvalue weighted by atomic mass is 10.2.